The third kappa shape index (κ3) is 1.33. The molecule has 0 saturated carbocycles. The van der Waals surface area contributed by atoms with Gasteiger partial charge in [-0.05, 0) is 17.7 Å². The fourth-order valence-corrected chi connectivity index (χ4v) is 2.10. The van der Waals surface area contributed by atoms with Crippen molar-refractivity contribution in [2.45, 2.75) is 19.7 Å². The van der Waals surface area contributed by atoms with Gasteiger partial charge in [0.25, 0.3) is 0 Å². The molecule has 1 aliphatic heterocycles. The van der Waals surface area contributed by atoms with Crippen LogP contribution in [0.3, 0.4) is 0 Å². The van der Waals surface area contributed by atoms with Crippen molar-refractivity contribution in [2.24, 2.45) is 0 Å². The highest BCUT2D eigenvalue weighted by atomic mass is 16.3. The minimum Gasteiger partial charge on any atom is -0.392 e. The summed E-state index contributed by atoms with van der Waals surface area (Å²) in [5.74, 6) is 1.09. The zero-order chi connectivity index (χ0) is 10.3. The number of benzene rings is 1. The normalized spacial score (nSPS) is 15.5. The molecule has 0 amide bonds. The van der Waals surface area contributed by atoms with Gasteiger partial charge in [-0.25, -0.2) is 4.98 Å². The first-order valence-electron chi connectivity index (χ1n) is 5.18. The Labute approximate surface area is 87.5 Å². The maximum Gasteiger partial charge on any atom is 0.123 e. The van der Waals surface area contributed by atoms with Crippen molar-refractivity contribution in [3.63, 3.8) is 0 Å². The van der Waals surface area contributed by atoms with Crippen LogP contribution in [0.2, 0.25) is 0 Å². The fourth-order valence-electron chi connectivity index (χ4n) is 2.10. The number of hydrogen-bond donors (Lipinski definition) is 2. The van der Waals surface area contributed by atoms with E-state index in [2.05, 4.69) is 14.9 Å². The zero-order valence-electron chi connectivity index (χ0n) is 8.40. The molecule has 3 rings (SSSR count). The van der Waals surface area contributed by atoms with E-state index in [4.69, 9.17) is 5.11 Å². The third-order valence-corrected chi connectivity index (χ3v) is 2.87. The maximum atomic E-state index is 9.05. The monoisotopic (exact) mass is 203 g/mol. The molecule has 0 spiro atoms. The van der Waals surface area contributed by atoms with E-state index in [-0.39, 0.29) is 6.61 Å². The predicted octanol–water partition coefficient (Wildman–Crippen LogP) is 0.632. The molecule has 0 aliphatic carbocycles. The molecule has 0 radical (unpaired) electrons. The number of hydrogen-bond acceptors (Lipinski definition) is 3. The van der Waals surface area contributed by atoms with Gasteiger partial charge in [0, 0.05) is 13.1 Å². The van der Waals surface area contributed by atoms with E-state index >= 15 is 0 Å². The number of nitrogens with zero attached hydrogens (tertiary/aromatic N) is 2. The minimum absolute atomic E-state index is 0.0797. The van der Waals surface area contributed by atoms with Gasteiger partial charge in [-0.2, -0.15) is 0 Å². The summed E-state index contributed by atoms with van der Waals surface area (Å²) in [5, 5.41) is 12.4. The van der Waals surface area contributed by atoms with Crippen molar-refractivity contribution in [3.8, 4) is 0 Å². The summed E-state index contributed by atoms with van der Waals surface area (Å²) in [5.41, 5.74) is 3.08. The van der Waals surface area contributed by atoms with Crippen LogP contribution >= 0.6 is 0 Å². The highest BCUT2D eigenvalue weighted by Crippen LogP contribution is 2.19. The van der Waals surface area contributed by atoms with Gasteiger partial charge in [0.2, 0.25) is 0 Å². The van der Waals surface area contributed by atoms with Crippen LogP contribution in [0.15, 0.2) is 18.2 Å². The van der Waals surface area contributed by atoms with Crippen LogP contribution in [-0.2, 0) is 19.7 Å². The Kier molecular flexibility index (Phi) is 1.97. The van der Waals surface area contributed by atoms with Gasteiger partial charge in [-0.15, -0.1) is 0 Å². The number of aliphatic hydroxyl groups excluding tert-OH is 1. The summed E-state index contributed by atoms with van der Waals surface area (Å²) >= 11 is 0. The lowest BCUT2D eigenvalue weighted by atomic mass is 10.2. The summed E-state index contributed by atoms with van der Waals surface area (Å²) in [4.78, 5) is 4.55. The Balaban J connectivity index is 2.22. The largest absolute Gasteiger partial charge is 0.392 e. The minimum atomic E-state index is 0.0797. The van der Waals surface area contributed by atoms with Crippen LogP contribution in [0.1, 0.15) is 11.4 Å². The summed E-state index contributed by atoms with van der Waals surface area (Å²) in [6.45, 7) is 2.89. The van der Waals surface area contributed by atoms with Crippen molar-refractivity contribution in [1.29, 1.82) is 0 Å². The van der Waals surface area contributed by atoms with Gasteiger partial charge < -0.3 is 15.0 Å². The number of rotatable bonds is 1. The second-order valence-corrected chi connectivity index (χ2v) is 3.84. The Morgan fingerprint density at radius 1 is 1.47 bits per heavy atom. The molecule has 1 aliphatic rings. The molecule has 1 aromatic carbocycles. The van der Waals surface area contributed by atoms with E-state index in [9.17, 15) is 0 Å². The molecule has 78 valence electrons. The Morgan fingerprint density at radius 2 is 2.40 bits per heavy atom. The number of imidazole rings is 1. The third-order valence-electron chi connectivity index (χ3n) is 2.87. The van der Waals surface area contributed by atoms with Crippen LogP contribution in [0.25, 0.3) is 11.0 Å². The standard InChI is InChI=1S/C11H13N3O/c15-7-8-1-2-10-9(5-8)13-11-6-12-3-4-14(10)11/h1-2,5,12,15H,3-4,6-7H2. The molecule has 2 heterocycles. The highest BCUT2D eigenvalue weighted by Gasteiger charge is 2.13. The molecule has 0 saturated heterocycles. The van der Waals surface area contributed by atoms with Crippen molar-refractivity contribution in [3.05, 3.63) is 29.6 Å². The molecule has 4 nitrogen and oxygen atoms in total. The molecule has 0 fully saturated rings. The second kappa shape index (κ2) is 3.32. The van der Waals surface area contributed by atoms with Gasteiger partial charge in [-0.3, -0.25) is 0 Å². The topological polar surface area (TPSA) is 50.1 Å². The van der Waals surface area contributed by atoms with Crippen LogP contribution in [0, 0.1) is 0 Å². The smallest absolute Gasteiger partial charge is 0.123 e. The van der Waals surface area contributed by atoms with E-state index in [1.807, 2.05) is 18.2 Å². The molecule has 0 bridgehead atoms. The second-order valence-electron chi connectivity index (χ2n) is 3.84. The van der Waals surface area contributed by atoms with E-state index in [1.165, 1.54) is 5.52 Å². The summed E-state index contributed by atoms with van der Waals surface area (Å²) < 4.78 is 2.24. The van der Waals surface area contributed by atoms with Crippen molar-refractivity contribution >= 4 is 11.0 Å². The van der Waals surface area contributed by atoms with Crippen LogP contribution in [-0.4, -0.2) is 21.2 Å². The summed E-state index contributed by atoms with van der Waals surface area (Å²) in [6, 6.07) is 5.96. The fraction of sp³-hybridized carbons (Fsp3) is 0.364. The molecule has 0 unspecified atom stereocenters. The molecule has 2 N–H and O–H groups in total. The number of aliphatic hydroxyl groups is 1. The number of nitrogens with one attached hydrogen (secondary N) is 1. The molecule has 2 aromatic rings. The molecule has 1 aromatic heterocycles. The van der Waals surface area contributed by atoms with Crippen LogP contribution < -0.4 is 5.32 Å². The first-order chi connectivity index (χ1) is 7.38. The highest BCUT2D eigenvalue weighted by molar-refractivity contribution is 5.77. The average molecular weight is 203 g/mol. The van der Waals surface area contributed by atoms with E-state index in [1.54, 1.807) is 0 Å². The first kappa shape index (κ1) is 8.88. The number of aromatic nitrogens is 2. The molecular formula is C11H13N3O. The lowest BCUT2D eigenvalue weighted by Crippen LogP contribution is -2.28. The van der Waals surface area contributed by atoms with Gasteiger partial charge in [-0.1, -0.05) is 6.07 Å². The quantitative estimate of drug-likeness (QED) is 0.714. The lowest BCUT2D eigenvalue weighted by Gasteiger charge is -2.15. The molecule has 4 heteroatoms. The van der Waals surface area contributed by atoms with Gasteiger partial charge >= 0.3 is 0 Å². The summed E-state index contributed by atoms with van der Waals surface area (Å²) in [6.07, 6.45) is 0. The van der Waals surface area contributed by atoms with Crippen molar-refractivity contribution < 1.29 is 5.11 Å². The Bertz CT molecular complexity index is 504. The van der Waals surface area contributed by atoms with Crippen molar-refractivity contribution in [1.82, 2.24) is 14.9 Å². The lowest BCUT2D eigenvalue weighted by molar-refractivity contribution is 0.282. The average Bonchev–Trinajstić information content (AvgIpc) is 2.66. The van der Waals surface area contributed by atoms with Crippen LogP contribution in [0.5, 0.6) is 0 Å². The Morgan fingerprint density at radius 3 is 3.27 bits per heavy atom. The Hall–Kier alpha value is -1.39. The van der Waals surface area contributed by atoms with Crippen LogP contribution in [0.4, 0.5) is 0 Å². The van der Waals surface area contributed by atoms with E-state index in [0.717, 1.165) is 36.5 Å². The predicted molar refractivity (Wildman–Crippen MR) is 57.4 cm³/mol. The first-order valence-corrected chi connectivity index (χ1v) is 5.18. The van der Waals surface area contributed by atoms with E-state index in [0.29, 0.717) is 0 Å². The van der Waals surface area contributed by atoms with Gasteiger partial charge in [0.1, 0.15) is 5.82 Å². The number of fused-ring (bicyclic) bond motifs is 3. The van der Waals surface area contributed by atoms with Gasteiger partial charge in [0.05, 0.1) is 24.2 Å². The van der Waals surface area contributed by atoms with E-state index < -0.39 is 0 Å². The molecule has 15 heavy (non-hydrogen) atoms. The molecular weight excluding hydrogens is 190 g/mol. The SMILES string of the molecule is OCc1ccc2c(c1)nc1n2CCNC1. The van der Waals surface area contributed by atoms with Gasteiger partial charge in [0.15, 0.2) is 0 Å². The zero-order valence-corrected chi connectivity index (χ0v) is 8.40. The maximum absolute atomic E-state index is 9.05. The molecule has 0 atom stereocenters. The summed E-state index contributed by atoms with van der Waals surface area (Å²) in [7, 11) is 0. The van der Waals surface area contributed by atoms with Crippen molar-refractivity contribution in [2.75, 3.05) is 6.54 Å².